The Morgan fingerprint density at radius 2 is 1.88 bits per heavy atom. The van der Waals surface area contributed by atoms with Crippen molar-refractivity contribution in [3.63, 3.8) is 0 Å². The molecule has 0 aromatic rings. The molecule has 0 heterocycles. The summed E-state index contributed by atoms with van der Waals surface area (Å²) in [5.41, 5.74) is 0. The topological polar surface area (TPSA) is 46.5 Å². The van der Waals surface area contributed by atoms with Crippen molar-refractivity contribution in [3.05, 3.63) is 0 Å². The molecule has 0 aromatic carbocycles. The molecule has 5 heteroatoms. The van der Waals surface area contributed by atoms with Crippen LogP contribution in [0.3, 0.4) is 0 Å². The predicted molar refractivity (Wildman–Crippen MR) is 33.1 cm³/mol. The molecule has 0 saturated heterocycles. The van der Waals surface area contributed by atoms with Crippen molar-refractivity contribution in [2.75, 3.05) is 0 Å². The molecule has 0 aliphatic heterocycles. The Morgan fingerprint density at radius 3 is 1.88 bits per heavy atom. The van der Waals surface area contributed by atoms with Gasteiger partial charge in [-0.05, 0) is 0 Å². The van der Waals surface area contributed by atoms with Gasteiger partial charge in [-0.15, -0.1) is 0 Å². The summed E-state index contributed by atoms with van der Waals surface area (Å²) < 4.78 is 23.0. The third-order valence-corrected chi connectivity index (χ3v) is 5.01. The maximum absolute atomic E-state index is 10.0. The monoisotopic (exact) mass is 202 g/mol. The summed E-state index contributed by atoms with van der Waals surface area (Å²) in [7, 11) is -1.73. The molecular weight excluding hydrogens is 191 g/mol. The quantitative estimate of drug-likeness (QED) is 0.651. The van der Waals surface area contributed by atoms with Crippen molar-refractivity contribution in [1.82, 2.24) is 0 Å². The Bertz CT molecular complexity index is 97.2. The van der Waals surface area contributed by atoms with E-state index in [0.717, 1.165) is 0 Å². The number of rotatable bonds is 2. The van der Waals surface area contributed by atoms with Gasteiger partial charge in [0.1, 0.15) is 0 Å². The maximum atomic E-state index is 10.0. The van der Waals surface area contributed by atoms with Crippen LogP contribution >= 0.6 is 0 Å². The van der Waals surface area contributed by atoms with Gasteiger partial charge in [0.2, 0.25) is 0 Å². The van der Waals surface area contributed by atoms with Crippen LogP contribution in [0.15, 0.2) is 0 Å². The molecule has 0 radical (unpaired) electrons. The van der Waals surface area contributed by atoms with E-state index in [1.54, 1.807) is 0 Å². The second-order valence-corrected chi connectivity index (χ2v) is 8.76. The van der Waals surface area contributed by atoms with Crippen molar-refractivity contribution in [2.24, 2.45) is 0 Å². The average Bonchev–Trinajstić information content (AvgIpc) is 1.21. The SMILES string of the molecule is C[Si](C)(C)O[Se](=O)O. The van der Waals surface area contributed by atoms with Gasteiger partial charge in [0.15, 0.2) is 0 Å². The fourth-order valence-corrected chi connectivity index (χ4v) is 3.33. The van der Waals surface area contributed by atoms with E-state index in [1.807, 2.05) is 19.6 Å². The molecule has 0 aromatic heterocycles. The standard InChI is InChI=1S/C3H10O3SeSi/c1-8(2,3)6-7(4)5/h1-3H3,(H,4,5). The molecule has 50 valence electrons. The molecule has 0 spiro atoms. The van der Waals surface area contributed by atoms with Crippen molar-refractivity contribution < 1.29 is 11.5 Å². The van der Waals surface area contributed by atoms with Crippen molar-refractivity contribution in [1.29, 1.82) is 0 Å². The molecule has 0 rings (SSSR count). The summed E-state index contributed by atoms with van der Waals surface area (Å²) in [5, 5.41) is 0. The van der Waals surface area contributed by atoms with Crippen LogP contribution in [0.5, 0.6) is 0 Å². The minimum atomic E-state index is -2.87. The molecule has 1 N–H and O–H groups in total. The Morgan fingerprint density at radius 1 is 1.50 bits per heavy atom. The first-order valence-electron chi connectivity index (χ1n) is 2.22. The zero-order chi connectivity index (χ0) is 6.78. The van der Waals surface area contributed by atoms with E-state index in [4.69, 9.17) is 7.70 Å². The molecule has 8 heavy (non-hydrogen) atoms. The van der Waals surface area contributed by atoms with Gasteiger partial charge in [-0.2, -0.15) is 0 Å². The van der Waals surface area contributed by atoms with Crippen LogP contribution in [0.1, 0.15) is 0 Å². The minimum absolute atomic E-state index is 1.73. The molecule has 1 unspecified atom stereocenters. The van der Waals surface area contributed by atoms with Gasteiger partial charge in [-0.3, -0.25) is 0 Å². The fraction of sp³-hybridized carbons (Fsp3) is 1.00. The summed E-state index contributed by atoms with van der Waals surface area (Å²) in [4.78, 5) is 0. The normalized spacial score (nSPS) is 16.0. The first-order chi connectivity index (χ1) is 3.42. The van der Waals surface area contributed by atoms with Gasteiger partial charge in [0.25, 0.3) is 0 Å². The van der Waals surface area contributed by atoms with E-state index in [0.29, 0.717) is 0 Å². The van der Waals surface area contributed by atoms with Gasteiger partial charge < -0.3 is 0 Å². The summed E-state index contributed by atoms with van der Waals surface area (Å²) in [6.45, 7) is 5.62. The van der Waals surface area contributed by atoms with Crippen molar-refractivity contribution >= 4 is 22.8 Å². The van der Waals surface area contributed by atoms with E-state index in [1.165, 1.54) is 0 Å². The van der Waals surface area contributed by atoms with Gasteiger partial charge in [-0.1, -0.05) is 0 Å². The van der Waals surface area contributed by atoms with Crippen molar-refractivity contribution in [2.45, 2.75) is 19.6 Å². The second kappa shape index (κ2) is 2.84. The zero-order valence-corrected chi connectivity index (χ0v) is 7.89. The molecule has 0 bridgehead atoms. The molecule has 0 fully saturated rings. The van der Waals surface area contributed by atoms with Gasteiger partial charge in [-0.25, -0.2) is 0 Å². The van der Waals surface area contributed by atoms with Crippen LogP contribution in [-0.4, -0.2) is 27.0 Å². The van der Waals surface area contributed by atoms with Gasteiger partial charge in [0.05, 0.1) is 0 Å². The third-order valence-electron chi connectivity index (χ3n) is 0.321. The molecular formula is C3H10O3SeSi. The summed E-state index contributed by atoms with van der Waals surface area (Å²) in [6.07, 6.45) is 0. The second-order valence-electron chi connectivity index (χ2n) is 2.41. The molecule has 3 nitrogen and oxygen atoms in total. The van der Waals surface area contributed by atoms with Crippen LogP contribution < -0.4 is 0 Å². The fourth-order valence-electron chi connectivity index (χ4n) is 0.214. The average molecular weight is 201 g/mol. The third kappa shape index (κ3) is 6.46. The van der Waals surface area contributed by atoms with E-state index in [2.05, 4.69) is 0 Å². The summed E-state index contributed by atoms with van der Waals surface area (Å²) >= 11 is -2.87. The van der Waals surface area contributed by atoms with Crippen LogP contribution in [0.2, 0.25) is 19.6 Å². The van der Waals surface area contributed by atoms with Crippen LogP contribution in [0, 0.1) is 0 Å². The molecule has 0 amide bonds. The summed E-state index contributed by atoms with van der Waals surface area (Å²) in [5.74, 6) is 0. The Balaban J connectivity index is 3.55. The van der Waals surface area contributed by atoms with E-state index in [9.17, 15) is 3.83 Å². The van der Waals surface area contributed by atoms with Crippen LogP contribution in [0.25, 0.3) is 0 Å². The Kier molecular flexibility index (Phi) is 3.00. The van der Waals surface area contributed by atoms with Crippen LogP contribution in [-0.2, 0) is 7.34 Å². The first-order valence-corrected chi connectivity index (χ1v) is 7.79. The van der Waals surface area contributed by atoms with Gasteiger partial charge >= 0.3 is 54.0 Å². The number of hydrogen-bond acceptors (Lipinski definition) is 2. The Labute approximate surface area is 54.5 Å². The summed E-state index contributed by atoms with van der Waals surface area (Å²) in [6, 6.07) is 0. The molecule has 0 aliphatic rings. The van der Waals surface area contributed by atoms with Gasteiger partial charge in [0, 0.05) is 0 Å². The van der Waals surface area contributed by atoms with E-state index in [-0.39, 0.29) is 0 Å². The van der Waals surface area contributed by atoms with E-state index >= 15 is 0 Å². The number of hydrogen-bond donors (Lipinski definition) is 1. The predicted octanol–water partition coefficient (Wildman–Crippen LogP) is 0.246. The van der Waals surface area contributed by atoms with Crippen LogP contribution in [0.4, 0.5) is 0 Å². The molecule has 1 atom stereocenters. The van der Waals surface area contributed by atoms with Crippen molar-refractivity contribution in [3.8, 4) is 0 Å². The Hall–Kier alpha value is 0.456. The first kappa shape index (κ1) is 8.46. The van der Waals surface area contributed by atoms with E-state index < -0.39 is 22.8 Å². The molecule has 0 aliphatic carbocycles. The zero-order valence-electron chi connectivity index (χ0n) is 5.17. The molecule has 0 saturated carbocycles.